The van der Waals surface area contributed by atoms with Crippen LogP contribution in [0.5, 0.6) is 5.75 Å². The number of halogens is 1. The van der Waals surface area contributed by atoms with Crippen LogP contribution in [0.2, 0.25) is 0 Å². The van der Waals surface area contributed by atoms with E-state index in [0.717, 1.165) is 30.7 Å². The van der Waals surface area contributed by atoms with E-state index >= 15 is 0 Å². The first kappa shape index (κ1) is 17.4. The molecule has 1 aromatic rings. The quantitative estimate of drug-likeness (QED) is 0.469. The van der Waals surface area contributed by atoms with Crippen LogP contribution in [0.4, 0.5) is 0 Å². The summed E-state index contributed by atoms with van der Waals surface area (Å²) in [6.45, 7) is 4.42. The highest BCUT2D eigenvalue weighted by atomic mass is 127. The SMILES string of the molecule is CN=C(NC1CC1C)N1CCC(c2ccc(OC)cc2)C1.I. The lowest BCUT2D eigenvalue weighted by Crippen LogP contribution is -2.41. The summed E-state index contributed by atoms with van der Waals surface area (Å²) < 4.78 is 5.23. The number of guanidine groups is 1. The number of rotatable bonds is 3. The Labute approximate surface area is 150 Å². The zero-order valence-electron chi connectivity index (χ0n) is 13.6. The molecule has 0 aromatic heterocycles. The molecule has 1 aliphatic heterocycles. The Morgan fingerprint density at radius 1 is 1.32 bits per heavy atom. The first-order chi connectivity index (χ1) is 10.2. The number of ether oxygens (including phenoxy) is 1. The van der Waals surface area contributed by atoms with Crippen molar-refractivity contribution in [2.24, 2.45) is 10.9 Å². The number of nitrogens with one attached hydrogen (secondary N) is 1. The highest BCUT2D eigenvalue weighted by Gasteiger charge is 2.35. The fourth-order valence-electron chi connectivity index (χ4n) is 3.09. The minimum absolute atomic E-state index is 0. The summed E-state index contributed by atoms with van der Waals surface area (Å²) in [5, 5.41) is 3.58. The van der Waals surface area contributed by atoms with Crippen LogP contribution in [0, 0.1) is 5.92 Å². The lowest BCUT2D eigenvalue weighted by molar-refractivity contribution is 0.414. The normalized spacial score (nSPS) is 27.3. The fourth-order valence-corrected chi connectivity index (χ4v) is 3.09. The number of hydrogen-bond donors (Lipinski definition) is 1. The number of nitrogens with zero attached hydrogens (tertiary/aromatic N) is 2. The van der Waals surface area contributed by atoms with Crippen LogP contribution < -0.4 is 10.1 Å². The van der Waals surface area contributed by atoms with Gasteiger partial charge < -0.3 is 15.0 Å². The molecule has 4 nitrogen and oxygen atoms in total. The highest BCUT2D eigenvalue weighted by Crippen LogP contribution is 2.31. The van der Waals surface area contributed by atoms with Crippen LogP contribution >= 0.6 is 24.0 Å². The molecule has 1 aliphatic carbocycles. The molecule has 1 aromatic carbocycles. The van der Waals surface area contributed by atoms with Gasteiger partial charge in [0, 0.05) is 32.1 Å². The van der Waals surface area contributed by atoms with Crippen molar-refractivity contribution in [3.05, 3.63) is 29.8 Å². The summed E-state index contributed by atoms with van der Waals surface area (Å²) in [7, 11) is 3.59. The average Bonchev–Trinajstić information content (AvgIpc) is 3.02. The monoisotopic (exact) mass is 415 g/mol. The summed E-state index contributed by atoms with van der Waals surface area (Å²) >= 11 is 0. The number of likely N-dealkylation sites (tertiary alicyclic amines) is 1. The molecule has 1 heterocycles. The van der Waals surface area contributed by atoms with Gasteiger partial charge in [-0.2, -0.15) is 0 Å². The first-order valence-electron chi connectivity index (χ1n) is 7.83. The van der Waals surface area contributed by atoms with Crippen molar-refractivity contribution < 1.29 is 4.74 Å². The Kier molecular flexibility index (Phi) is 5.94. The van der Waals surface area contributed by atoms with Crippen molar-refractivity contribution in [3.63, 3.8) is 0 Å². The molecule has 1 saturated carbocycles. The molecule has 2 fully saturated rings. The molecule has 3 unspecified atom stereocenters. The molecule has 0 bridgehead atoms. The summed E-state index contributed by atoms with van der Waals surface area (Å²) in [5.41, 5.74) is 1.40. The van der Waals surface area contributed by atoms with Gasteiger partial charge in [-0.05, 0) is 36.5 Å². The van der Waals surface area contributed by atoms with Crippen molar-refractivity contribution in [3.8, 4) is 5.75 Å². The lowest BCUT2D eigenvalue weighted by atomic mass is 9.98. The van der Waals surface area contributed by atoms with E-state index in [1.165, 1.54) is 18.4 Å². The number of hydrogen-bond acceptors (Lipinski definition) is 2. The molecule has 0 spiro atoms. The number of methoxy groups -OCH3 is 1. The third-order valence-electron chi connectivity index (χ3n) is 4.71. The predicted molar refractivity (Wildman–Crippen MR) is 101 cm³/mol. The van der Waals surface area contributed by atoms with Gasteiger partial charge in [0.25, 0.3) is 0 Å². The minimum Gasteiger partial charge on any atom is -0.497 e. The van der Waals surface area contributed by atoms with Gasteiger partial charge in [-0.1, -0.05) is 19.1 Å². The molecule has 3 rings (SSSR count). The van der Waals surface area contributed by atoms with Crippen LogP contribution in [0.15, 0.2) is 29.3 Å². The van der Waals surface area contributed by atoms with Crippen molar-refractivity contribution in [2.45, 2.75) is 31.7 Å². The molecule has 1 N–H and O–H groups in total. The molecule has 122 valence electrons. The van der Waals surface area contributed by atoms with E-state index in [1.807, 2.05) is 7.05 Å². The molecular weight excluding hydrogens is 389 g/mol. The van der Waals surface area contributed by atoms with E-state index in [2.05, 4.69) is 46.4 Å². The van der Waals surface area contributed by atoms with E-state index in [1.54, 1.807) is 7.11 Å². The first-order valence-corrected chi connectivity index (χ1v) is 7.83. The largest absolute Gasteiger partial charge is 0.497 e. The highest BCUT2D eigenvalue weighted by molar-refractivity contribution is 14.0. The van der Waals surface area contributed by atoms with Gasteiger partial charge in [0.15, 0.2) is 5.96 Å². The second-order valence-electron chi connectivity index (χ2n) is 6.22. The van der Waals surface area contributed by atoms with Crippen LogP contribution in [-0.4, -0.2) is 44.1 Å². The molecule has 0 radical (unpaired) electrons. The number of aliphatic imine (C=N–C) groups is 1. The summed E-state index contributed by atoms with van der Waals surface area (Å²) in [4.78, 5) is 6.84. The second kappa shape index (κ2) is 7.53. The Morgan fingerprint density at radius 3 is 2.55 bits per heavy atom. The van der Waals surface area contributed by atoms with E-state index < -0.39 is 0 Å². The van der Waals surface area contributed by atoms with Gasteiger partial charge in [-0.25, -0.2) is 0 Å². The van der Waals surface area contributed by atoms with Gasteiger partial charge in [-0.15, -0.1) is 24.0 Å². The summed E-state index contributed by atoms with van der Waals surface area (Å²) in [6, 6.07) is 9.11. The van der Waals surface area contributed by atoms with E-state index in [-0.39, 0.29) is 24.0 Å². The Hall–Kier alpha value is -0.980. The van der Waals surface area contributed by atoms with E-state index in [9.17, 15) is 0 Å². The van der Waals surface area contributed by atoms with E-state index in [4.69, 9.17) is 4.74 Å². The molecule has 5 heteroatoms. The van der Waals surface area contributed by atoms with Gasteiger partial charge in [-0.3, -0.25) is 4.99 Å². The van der Waals surface area contributed by atoms with Gasteiger partial charge in [0.2, 0.25) is 0 Å². The van der Waals surface area contributed by atoms with Gasteiger partial charge >= 0.3 is 0 Å². The maximum Gasteiger partial charge on any atom is 0.193 e. The van der Waals surface area contributed by atoms with Crippen LogP contribution in [-0.2, 0) is 0 Å². The third-order valence-corrected chi connectivity index (χ3v) is 4.71. The summed E-state index contributed by atoms with van der Waals surface area (Å²) in [5.74, 6) is 3.38. The second-order valence-corrected chi connectivity index (χ2v) is 6.22. The van der Waals surface area contributed by atoms with Gasteiger partial charge in [0.05, 0.1) is 7.11 Å². The Bertz CT molecular complexity index is 517. The van der Waals surface area contributed by atoms with Crippen LogP contribution in [0.25, 0.3) is 0 Å². The molecule has 0 amide bonds. The van der Waals surface area contributed by atoms with Crippen LogP contribution in [0.3, 0.4) is 0 Å². The number of benzene rings is 1. The maximum atomic E-state index is 5.23. The minimum atomic E-state index is 0. The fraction of sp³-hybridized carbons (Fsp3) is 0.588. The van der Waals surface area contributed by atoms with Crippen molar-refractivity contribution in [1.29, 1.82) is 0 Å². The molecule has 1 saturated heterocycles. The molecule has 2 aliphatic rings. The zero-order chi connectivity index (χ0) is 14.8. The van der Waals surface area contributed by atoms with E-state index in [0.29, 0.717) is 12.0 Å². The van der Waals surface area contributed by atoms with Gasteiger partial charge in [0.1, 0.15) is 5.75 Å². The predicted octanol–water partition coefficient (Wildman–Crippen LogP) is 3.09. The smallest absolute Gasteiger partial charge is 0.193 e. The molecule has 3 atom stereocenters. The van der Waals surface area contributed by atoms with Crippen molar-refractivity contribution >= 4 is 29.9 Å². The Balaban J connectivity index is 0.00000176. The topological polar surface area (TPSA) is 36.9 Å². The Morgan fingerprint density at radius 2 is 2.00 bits per heavy atom. The van der Waals surface area contributed by atoms with Crippen molar-refractivity contribution in [2.75, 3.05) is 27.2 Å². The molecular formula is C17H26IN3O. The zero-order valence-corrected chi connectivity index (χ0v) is 15.9. The standard InChI is InChI=1S/C17H25N3O.HI/c1-12-10-16(12)19-17(18-2)20-9-8-14(11-20)13-4-6-15(21-3)7-5-13;/h4-7,12,14,16H,8-11H2,1-3H3,(H,18,19);1H. The van der Waals surface area contributed by atoms with Crippen molar-refractivity contribution in [1.82, 2.24) is 10.2 Å². The maximum absolute atomic E-state index is 5.23. The summed E-state index contributed by atoms with van der Waals surface area (Å²) in [6.07, 6.45) is 2.46. The third kappa shape index (κ3) is 3.86. The lowest BCUT2D eigenvalue weighted by Gasteiger charge is -2.22. The van der Waals surface area contributed by atoms with Crippen LogP contribution in [0.1, 0.15) is 31.2 Å². The average molecular weight is 415 g/mol. The molecule has 22 heavy (non-hydrogen) atoms.